The molecule has 0 amide bonds. The summed E-state index contributed by atoms with van der Waals surface area (Å²) in [6.45, 7) is 0.928. The van der Waals surface area contributed by atoms with Gasteiger partial charge in [-0.2, -0.15) is 11.8 Å². The van der Waals surface area contributed by atoms with E-state index in [0.29, 0.717) is 0 Å². The molecule has 0 atom stereocenters. The summed E-state index contributed by atoms with van der Waals surface area (Å²) in [4.78, 5) is 3.97. The van der Waals surface area contributed by atoms with Crippen molar-refractivity contribution in [1.29, 1.82) is 0 Å². The number of hydrogen-bond donors (Lipinski definition) is 2. The molecule has 1 rings (SSSR count). The van der Waals surface area contributed by atoms with Crippen LogP contribution in [0.1, 0.15) is 0 Å². The van der Waals surface area contributed by atoms with Crippen LogP contribution in [0.25, 0.3) is 0 Å². The Labute approximate surface area is 76.8 Å². The van der Waals surface area contributed by atoms with Gasteiger partial charge in [-0.15, -0.1) is 0 Å². The Bertz CT molecular complexity index is 239. The molecule has 0 aliphatic carbocycles. The third kappa shape index (κ3) is 2.62. The smallest absolute Gasteiger partial charge is 0.0760 e. The highest BCUT2D eigenvalue weighted by Crippen LogP contribution is 2.14. The molecule has 3 nitrogen and oxygen atoms in total. The minimum atomic E-state index is 0.756. The number of aromatic nitrogens is 1. The molecule has 0 saturated heterocycles. The lowest BCUT2D eigenvalue weighted by atomic mass is 10.3. The molecule has 0 aliphatic heterocycles. The standard InChI is InChI=1S/C8H13N3S/c1-12-5-4-11-8-6-10-3-2-7(8)9/h2-3,6,11H,4-5H2,1H3,(H2,9,10). The summed E-state index contributed by atoms with van der Waals surface area (Å²) in [5.74, 6) is 1.08. The van der Waals surface area contributed by atoms with Gasteiger partial charge in [-0.05, 0) is 12.3 Å². The second kappa shape index (κ2) is 4.87. The van der Waals surface area contributed by atoms with Gasteiger partial charge in [0.25, 0.3) is 0 Å². The Morgan fingerprint density at radius 2 is 2.50 bits per heavy atom. The van der Waals surface area contributed by atoms with Crippen molar-refractivity contribution < 1.29 is 0 Å². The molecule has 1 heterocycles. The molecule has 0 fully saturated rings. The van der Waals surface area contributed by atoms with E-state index in [9.17, 15) is 0 Å². The number of nitrogens with two attached hydrogens (primary N) is 1. The maximum atomic E-state index is 5.69. The van der Waals surface area contributed by atoms with Gasteiger partial charge in [0, 0.05) is 18.5 Å². The van der Waals surface area contributed by atoms with E-state index in [-0.39, 0.29) is 0 Å². The maximum Gasteiger partial charge on any atom is 0.0760 e. The van der Waals surface area contributed by atoms with Crippen molar-refractivity contribution in [2.75, 3.05) is 29.6 Å². The average molecular weight is 183 g/mol. The molecule has 0 radical (unpaired) electrons. The van der Waals surface area contributed by atoms with E-state index in [4.69, 9.17) is 5.73 Å². The first-order valence-electron chi connectivity index (χ1n) is 3.77. The van der Waals surface area contributed by atoms with E-state index >= 15 is 0 Å². The van der Waals surface area contributed by atoms with Gasteiger partial charge in [0.15, 0.2) is 0 Å². The van der Waals surface area contributed by atoms with Gasteiger partial charge in [-0.1, -0.05) is 0 Å². The van der Waals surface area contributed by atoms with Crippen molar-refractivity contribution in [1.82, 2.24) is 4.98 Å². The van der Waals surface area contributed by atoms with Crippen molar-refractivity contribution in [2.45, 2.75) is 0 Å². The fraction of sp³-hybridized carbons (Fsp3) is 0.375. The predicted octanol–water partition coefficient (Wildman–Crippen LogP) is 1.44. The van der Waals surface area contributed by atoms with E-state index in [2.05, 4.69) is 16.6 Å². The lowest BCUT2D eigenvalue weighted by molar-refractivity contribution is 1.21. The van der Waals surface area contributed by atoms with Crippen LogP contribution in [0.15, 0.2) is 18.5 Å². The minimum absolute atomic E-state index is 0.756. The SMILES string of the molecule is CSCCNc1cnccc1N. The topological polar surface area (TPSA) is 50.9 Å². The zero-order chi connectivity index (χ0) is 8.81. The van der Waals surface area contributed by atoms with Crippen LogP contribution in [-0.2, 0) is 0 Å². The number of rotatable bonds is 4. The number of anilines is 2. The summed E-state index contributed by atoms with van der Waals surface area (Å²) in [6, 6.07) is 1.79. The van der Waals surface area contributed by atoms with Gasteiger partial charge < -0.3 is 11.1 Å². The molecule has 3 N–H and O–H groups in total. The highest BCUT2D eigenvalue weighted by atomic mass is 32.2. The summed E-state index contributed by atoms with van der Waals surface area (Å²) in [7, 11) is 0. The molecule has 66 valence electrons. The summed E-state index contributed by atoms with van der Waals surface area (Å²) >= 11 is 1.80. The summed E-state index contributed by atoms with van der Waals surface area (Å²) in [6.07, 6.45) is 5.51. The predicted molar refractivity (Wildman–Crippen MR) is 55.5 cm³/mol. The molecule has 1 aromatic rings. The van der Waals surface area contributed by atoms with Crippen molar-refractivity contribution in [3.63, 3.8) is 0 Å². The fourth-order valence-corrected chi connectivity index (χ4v) is 1.15. The molecular weight excluding hydrogens is 170 g/mol. The van der Waals surface area contributed by atoms with Crippen molar-refractivity contribution in [3.05, 3.63) is 18.5 Å². The number of thioether (sulfide) groups is 1. The second-order valence-corrected chi connectivity index (χ2v) is 3.37. The van der Waals surface area contributed by atoms with E-state index in [1.807, 2.05) is 0 Å². The van der Waals surface area contributed by atoms with Gasteiger partial charge in [0.2, 0.25) is 0 Å². The molecule has 0 aromatic carbocycles. The van der Waals surface area contributed by atoms with Crippen LogP contribution in [0, 0.1) is 0 Å². The monoisotopic (exact) mass is 183 g/mol. The first-order chi connectivity index (χ1) is 5.84. The van der Waals surface area contributed by atoms with Crippen LogP contribution in [-0.4, -0.2) is 23.5 Å². The molecule has 0 saturated carbocycles. The number of nitrogens with zero attached hydrogens (tertiary/aromatic N) is 1. The van der Waals surface area contributed by atoms with Gasteiger partial charge >= 0.3 is 0 Å². The summed E-state index contributed by atoms with van der Waals surface area (Å²) in [5.41, 5.74) is 7.37. The number of hydrogen-bond acceptors (Lipinski definition) is 4. The van der Waals surface area contributed by atoms with Gasteiger partial charge in [-0.25, -0.2) is 0 Å². The molecule has 4 heteroatoms. The third-order valence-corrected chi connectivity index (χ3v) is 2.09. The minimum Gasteiger partial charge on any atom is -0.397 e. The summed E-state index contributed by atoms with van der Waals surface area (Å²) in [5, 5.41) is 3.21. The molecule has 0 unspecified atom stereocenters. The average Bonchev–Trinajstić information content (AvgIpc) is 2.09. The fourth-order valence-electron chi connectivity index (χ4n) is 0.841. The van der Waals surface area contributed by atoms with E-state index in [0.717, 1.165) is 23.7 Å². The van der Waals surface area contributed by atoms with Gasteiger partial charge in [0.05, 0.1) is 17.6 Å². The van der Waals surface area contributed by atoms with Crippen molar-refractivity contribution >= 4 is 23.1 Å². The molecule has 0 aliphatic rings. The third-order valence-electron chi connectivity index (χ3n) is 1.48. The summed E-state index contributed by atoms with van der Waals surface area (Å²) < 4.78 is 0. The highest BCUT2D eigenvalue weighted by Gasteiger charge is 1.95. The Morgan fingerprint density at radius 3 is 3.17 bits per heavy atom. The van der Waals surface area contributed by atoms with Crippen LogP contribution in [0.5, 0.6) is 0 Å². The number of pyridine rings is 1. The second-order valence-electron chi connectivity index (χ2n) is 2.38. The Morgan fingerprint density at radius 1 is 1.67 bits per heavy atom. The van der Waals surface area contributed by atoms with E-state index in [1.165, 1.54) is 0 Å². The van der Waals surface area contributed by atoms with E-state index < -0.39 is 0 Å². The van der Waals surface area contributed by atoms with Crippen LogP contribution < -0.4 is 11.1 Å². The molecule has 0 bridgehead atoms. The van der Waals surface area contributed by atoms with Crippen molar-refractivity contribution in [3.8, 4) is 0 Å². The normalized spacial score (nSPS) is 9.75. The lowest BCUT2D eigenvalue weighted by Crippen LogP contribution is -2.06. The van der Waals surface area contributed by atoms with Crippen LogP contribution in [0.3, 0.4) is 0 Å². The van der Waals surface area contributed by atoms with Crippen LogP contribution >= 0.6 is 11.8 Å². The molecule has 0 spiro atoms. The molecule has 1 aromatic heterocycles. The zero-order valence-electron chi connectivity index (χ0n) is 7.08. The van der Waals surface area contributed by atoms with Crippen LogP contribution in [0.4, 0.5) is 11.4 Å². The highest BCUT2D eigenvalue weighted by molar-refractivity contribution is 7.98. The number of nitrogens with one attached hydrogen (secondary N) is 1. The quantitative estimate of drug-likeness (QED) is 0.693. The largest absolute Gasteiger partial charge is 0.397 e. The molecular formula is C8H13N3S. The van der Waals surface area contributed by atoms with Crippen molar-refractivity contribution in [2.24, 2.45) is 0 Å². The number of nitrogen functional groups attached to an aromatic ring is 1. The van der Waals surface area contributed by atoms with Gasteiger partial charge in [-0.3, -0.25) is 4.98 Å². The first-order valence-corrected chi connectivity index (χ1v) is 5.16. The lowest BCUT2D eigenvalue weighted by Gasteiger charge is -2.06. The van der Waals surface area contributed by atoms with Gasteiger partial charge in [0.1, 0.15) is 0 Å². The first kappa shape index (κ1) is 9.19. The zero-order valence-corrected chi connectivity index (χ0v) is 7.90. The Hall–Kier alpha value is -0.900. The van der Waals surface area contributed by atoms with E-state index in [1.54, 1.807) is 30.2 Å². The maximum absolute atomic E-state index is 5.69. The van der Waals surface area contributed by atoms with Crippen LogP contribution in [0.2, 0.25) is 0 Å². The Kier molecular flexibility index (Phi) is 3.73. The molecule has 12 heavy (non-hydrogen) atoms. The Balaban J connectivity index is 2.46.